The van der Waals surface area contributed by atoms with E-state index in [1.165, 1.54) is 6.42 Å². The van der Waals surface area contributed by atoms with E-state index in [1.807, 2.05) is 68.9 Å². The number of carbonyl (C=O) groups is 1. The van der Waals surface area contributed by atoms with Crippen molar-refractivity contribution in [1.82, 2.24) is 14.8 Å². The number of pyridine rings is 1. The third-order valence-corrected chi connectivity index (χ3v) is 4.32. The molecule has 1 amide bonds. The van der Waals surface area contributed by atoms with Gasteiger partial charge in [0.25, 0.3) is 0 Å². The monoisotopic (exact) mass is 474 g/mol. The van der Waals surface area contributed by atoms with Gasteiger partial charge in [-0.15, -0.1) is 0 Å². The number of aromatic nitrogens is 3. The number of amides is 1. The van der Waals surface area contributed by atoms with Gasteiger partial charge in [-0.25, -0.2) is 13.9 Å². The van der Waals surface area contributed by atoms with Gasteiger partial charge in [0.1, 0.15) is 5.82 Å². The first-order valence-electron chi connectivity index (χ1n) is 10.8. The summed E-state index contributed by atoms with van der Waals surface area (Å²) in [5, 5.41) is 7.97. The van der Waals surface area contributed by atoms with E-state index in [0.29, 0.717) is 5.82 Å². The summed E-state index contributed by atoms with van der Waals surface area (Å²) in [5.74, 6) is 1.40. The molecule has 33 heavy (non-hydrogen) atoms. The molecule has 1 aromatic carbocycles. The number of para-hydroxylation sites is 1. The smallest absolute Gasteiger partial charge is 0.204 e. The van der Waals surface area contributed by atoms with Crippen molar-refractivity contribution in [2.24, 2.45) is 10.1 Å². The predicted molar refractivity (Wildman–Crippen MR) is 141 cm³/mol. The Hall–Kier alpha value is -3.20. The number of nitrogens with two attached hydrogens (primary N) is 1. The zero-order chi connectivity index (χ0) is 25.4. The maximum atomic E-state index is 11.8. The van der Waals surface area contributed by atoms with E-state index in [2.05, 4.69) is 34.2 Å². The van der Waals surface area contributed by atoms with E-state index in [0.717, 1.165) is 28.3 Å². The van der Waals surface area contributed by atoms with Crippen molar-refractivity contribution < 1.29 is 9.00 Å². The molecular formula is C24H38N6O2S. The first-order valence-corrected chi connectivity index (χ1v) is 13.2. The highest BCUT2D eigenvalue weighted by Gasteiger charge is 2.16. The molecule has 0 atom stereocenters. The Morgan fingerprint density at radius 3 is 2.09 bits per heavy atom. The van der Waals surface area contributed by atoms with E-state index < -0.39 is 9.73 Å². The van der Waals surface area contributed by atoms with Crippen LogP contribution in [0, 0.1) is 6.92 Å². The van der Waals surface area contributed by atoms with Crippen LogP contribution in [0.15, 0.2) is 53.0 Å². The molecule has 182 valence electrons. The first kappa shape index (κ1) is 29.8. The highest BCUT2D eigenvalue weighted by molar-refractivity contribution is 7.92. The number of nitrogens with zero attached hydrogens (tertiary/aromatic N) is 4. The number of carbonyl (C=O) groups excluding carboxylic acids is 1. The highest BCUT2D eigenvalue weighted by atomic mass is 32.2. The van der Waals surface area contributed by atoms with Crippen LogP contribution < -0.4 is 11.1 Å². The molecule has 9 heteroatoms. The fourth-order valence-electron chi connectivity index (χ4n) is 2.63. The van der Waals surface area contributed by atoms with E-state index in [9.17, 15) is 4.21 Å². The zero-order valence-electron chi connectivity index (χ0n) is 21.0. The van der Waals surface area contributed by atoms with Crippen LogP contribution in [0.25, 0.3) is 16.9 Å². The van der Waals surface area contributed by atoms with Crippen LogP contribution in [0.4, 0.5) is 11.6 Å². The van der Waals surface area contributed by atoms with E-state index in [1.54, 1.807) is 24.8 Å². The first-order chi connectivity index (χ1) is 15.7. The topological polar surface area (TPSA) is 115 Å². The summed E-state index contributed by atoms with van der Waals surface area (Å²) in [6, 6.07) is 13.6. The summed E-state index contributed by atoms with van der Waals surface area (Å²) >= 11 is 0. The highest BCUT2D eigenvalue weighted by Crippen LogP contribution is 2.30. The van der Waals surface area contributed by atoms with Crippen LogP contribution in [0.3, 0.4) is 0 Å². The Kier molecular flexibility index (Phi) is 14.1. The summed E-state index contributed by atoms with van der Waals surface area (Å²) in [7, 11) is -0.341. The van der Waals surface area contributed by atoms with Gasteiger partial charge in [-0.05, 0) is 31.2 Å². The van der Waals surface area contributed by atoms with Crippen LogP contribution >= 0.6 is 0 Å². The fraction of sp³-hybridized carbons (Fsp3) is 0.375. The van der Waals surface area contributed by atoms with Crippen LogP contribution in [-0.2, 0) is 14.5 Å². The molecular weight excluding hydrogens is 436 g/mol. The number of anilines is 1. The van der Waals surface area contributed by atoms with Crippen molar-refractivity contribution in [2.45, 2.75) is 41.0 Å². The molecule has 0 aliphatic carbocycles. The molecule has 3 N–H and O–H groups in total. The molecule has 0 radical (unpaired) electrons. The Labute approximate surface area is 198 Å². The molecule has 0 saturated heterocycles. The SMILES string of the molecule is CC.CCC.CNc1c(C)c(-c2ccc(N=S(C)(C)=O)nc2)nn1-c1ccccc1.NC=O. The average Bonchev–Trinajstić information content (AvgIpc) is 3.12. The van der Waals surface area contributed by atoms with Crippen LogP contribution in [-0.4, -0.2) is 44.9 Å². The summed E-state index contributed by atoms with van der Waals surface area (Å²) in [6.07, 6.45) is 6.40. The van der Waals surface area contributed by atoms with Crippen molar-refractivity contribution in [2.75, 3.05) is 24.9 Å². The average molecular weight is 475 g/mol. The van der Waals surface area contributed by atoms with Gasteiger partial charge in [-0.2, -0.15) is 9.46 Å². The molecule has 0 saturated carbocycles. The summed E-state index contributed by atoms with van der Waals surface area (Å²) in [4.78, 5) is 12.9. The van der Waals surface area contributed by atoms with Crippen molar-refractivity contribution in [3.63, 3.8) is 0 Å². The number of primary amides is 1. The quantitative estimate of drug-likeness (QED) is 0.505. The predicted octanol–water partition coefficient (Wildman–Crippen LogP) is 5.19. The van der Waals surface area contributed by atoms with E-state index >= 15 is 0 Å². The lowest BCUT2D eigenvalue weighted by Gasteiger charge is -2.06. The molecule has 0 bridgehead atoms. The second-order valence-electron chi connectivity index (χ2n) is 6.84. The Morgan fingerprint density at radius 2 is 1.67 bits per heavy atom. The number of benzene rings is 1. The van der Waals surface area contributed by atoms with Crippen molar-refractivity contribution in [1.29, 1.82) is 0 Å². The van der Waals surface area contributed by atoms with Crippen LogP contribution in [0.5, 0.6) is 0 Å². The second-order valence-corrected chi connectivity index (χ2v) is 9.39. The zero-order valence-corrected chi connectivity index (χ0v) is 21.8. The molecule has 0 unspecified atom stereocenters. The summed E-state index contributed by atoms with van der Waals surface area (Å²) in [5.41, 5.74) is 7.92. The number of rotatable bonds is 4. The van der Waals surface area contributed by atoms with Crippen molar-refractivity contribution in [3.05, 3.63) is 54.2 Å². The Balaban J connectivity index is 0.00000113. The molecule has 2 heterocycles. The lowest BCUT2D eigenvalue weighted by atomic mass is 10.1. The van der Waals surface area contributed by atoms with Crippen molar-refractivity contribution in [3.8, 4) is 16.9 Å². The molecule has 0 aliphatic rings. The minimum absolute atomic E-state index is 0.250. The van der Waals surface area contributed by atoms with E-state index in [4.69, 9.17) is 9.89 Å². The summed E-state index contributed by atoms with van der Waals surface area (Å²) in [6.45, 7) is 10.3. The maximum Gasteiger partial charge on any atom is 0.204 e. The van der Waals surface area contributed by atoms with Crippen molar-refractivity contribution >= 4 is 27.8 Å². The molecule has 0 fully saturated rings. The lowest BCUT2D eigenvalue weighted by molar-refractivity contribution is -0.106. The second kappa shape index (κ2) is 15.6. The van der Waals surface area contributed by atoms with Gasteiger partial charge in [0.15, 0.2) is 5.82 Å². The molecule has 8 nitrogen and oxygen atoms in total. The largest absolute Gasteiger partial charge is 0.373 e. The molecule has 3 aromatic rings. The Bertz CT molecular complexity index is 1060. The molecule has 0 spiro atoms. The number of hydrogen-bond acceptors (Lipinski definition) is 6. The van der Waals surface area contributed by atoms with Gasteiger partial charge in [0.2, 0.25) is 6.41 Å². The lowest BCUT2D eigenvalue weighted by Crippen LogP contribution is -2.02. The number of nitrogens with one attached hydrogen (secondary N) is 1. The third kappa shape index (κ3) is 9.86. The van der Waals surface area contributed by atoms with E-state index in [-0.39, 0.29) is 6.41 Å². The standard InChI is InChI=1S/C18H21N5OS.C3H8.C2H6.CH3NO/c1-13-17(14-10-11-16(20-12-14)22-25(3,4)24)21-23(18(13)19-2)15-8-6-5-7-9-15;1-3-2;1-2;2-1-3/h5-12,19H,1-4H3;3H2,1-2H3;1-2H3;1H,(H2,2,3). The third-order valence-electron chi connectivity index (χ3n) is 3.69. The Morgan fingerprint density at radius 1 is 1.12 bits per heavy atom. The molecule has 0 aliphatic heterocycles. The van der Waals surface area contributed by atoms with Gasteiger partial charge in [-0.3, -0.25) is 4.79 Å². The minimum Gasteiger partial charge on any atom is -0.373 e. The molecule has 3 rings (SSSR count). The minimum atomic E-state index is -2.22. The fourth-order valence-corrected chi connectivity index (χ4v) is 3.18. The van der Waals surface area contributed by atoms with Gasteiger partial charge >= 0.3 is 0 Å². The number of hydrogen-bond donors (Lipinski definition) is 2. The van der Waals surface area contributed by atoms with Gasteiger partial charge < -0.3 is 11.1 Å². The molecule has 2 aromatic heterocycles. The maximum absolute atomic E-state index is 11.8. The van der Waals surface area contributed by atoms with Gasteiger partial charge in [0, 0.05) is 46.6 Å². The normalized spacial score (nSPS) is 9.70. The van der Waals surface area contributed by atoms with Crippen LogP contribution in [0.2, 0.25) is 0 Å². The van der Waals surface area contributed by atoms with Gasteiger partial charge in [-0.1, -0.05) is 52.3 Å². The van der Waals surface area contributed by atoms with Crippen LogP contribution in [0.1, 0.15) is 39.7 Å². The summed E-state index contributed by atoms with van der Waals surface area (Å²) < 4.78 is 17.8. The van der Waals surface area contributed by atoms with Gasteiger partial charge in [0.05, 0.1) is 11.4 Å².